The standard InChI is InChI=1S/C26H25N5O3S/c1-3-9-28-26(34)31-16(2)12-17-13-18(6-7-22(17)31)29-20-8-10-27-21-14-23(35-24(20)21)25(33)30-11-4-5-19(30)15-32/h1,6-8,10,12-14,19,32H,4-5,9,11,15H2,2H3,(H,27,29)(H,28,34)/t19-/m1/s1. The summed E-state index contributed by atoms with van der Waals surface area (Å²) < 4.78 is 2.49. The third kappa shape index (κ3) is 4.22. The second-order valence-corrected chi connectivity index (χ2v) is 9.60. The van der Waals surface area contributed by atoms with Crippen LogP contribution in [0.3, 0.4) is 0 Å². The summed E-state index contributed by atoms with van der Waals surface area (Å²) in [6, 6.07) is 11.1. The molecule has 35 heavy (non-hydrogen) atoms. The highest BCUT2D eigenvalue weighted by atomic mass is 32.1. The second kappa shape index (κ2) is 9.41. The fourth-order valence-corrected chi connectivity index (χ4v) is 5.68. The van der Waals surface area contributed by atoms with E-state index in [0.717, 1.165) is 51.0 Å². The molecule has 2 amide bonds. The van der Waals surface area contributed by atoms with Crippen LogP contribution in [0.15, 0.2) is 42.6 Å². The highest BCUT2D eigenvalue weighted by molar-refractivity contribution is 7.21. The van der Waals surface area contributed by atoms with Gasteiger partial charge in [0.05, 0.1) is 45.5 Å². The summed E-state index contributed by atoms with van der Waals surface area (Å²) >= 11 is 1.40. The van der Waals surface area contributed by atoms with Crippen LogP contribution in [0.5, 0.6) is 0 Å². The predicted octanol–water partition coefficient (Wildman–Crippen LogP) is 4.09. The van der Waals surface area contributed by atoms with Gasteiger partial charge in [-0.3, -0.25) is 14.3 Å². The quantitative estimate of drug-likeness (QED) is 0.368. The number of aliphatic hydroxyl groups excluding tert-OH is 1. The van der Waals surface area contributed by atoms with Gasteiger partial charge in [0.2, 0.25) is 0 Å². The number of nitrogens with zero attached hydrogens (tertiary/aromatic N) is 3. The van der Waals surface area contributed by atoms with E-state index in [-0.39, 0.29) is 31.1 Å². The number of anilines is 2. The Labute approximate surface area is 206 Å². The summed E-state index contributed by atoms with van der Waals surface area (Å²) in [5.74, 6) is 2.36. The maximum absolute atomic E-state index is 13.1. The lowest BCUT2D eigenvalue weighted by Gasteiger charge is -2.22. The third-order valence-electron chi connectivity index (χ3n) is 6.28. The number of rotatable bonds is 5. The fourth-order valence-electron chi connectivity index (χ4n) is 4.64. The van der Waals surface area contributed by atoms with E-state index in [1.54, 1.807) is 15.7 Å². The van der Waals surface area contributed by atoms with Crippen molar-refractivity contribution in [3.05, 3.63) is 53.2 Å². The van der Waals surface area contributed by atoms with E-state index >= 15 is 0 Å². The molecule has 1 aliphatic heterocycles. The van der Waals surface area contributed by atoms with E-state index in [2.05, 4.69) is 21.5 Å². The van der Waals surface area contributed by atoms with Gasteiger partial charge in [0, 0.05) is 29.5 Å². The number of carbonyl (C=O) groups excluding carboxylic acids is 2. The molecule has 4 heterocycles. The van der Waals surface area contributed by atoms with Gasteiger partial charge in [-0.15, -0.1) is 17.8 Å². The number of pyridine rings is 1. The SMILES string of the molecule is C#CCNC(=O)n1c(C)cc2cc(Nc3ccnc4cc(C(=O)N5CCC[C@@H]5CO)sc34)ccc21. The minimum absolute atomic E-state index is 0.0169. The number of aromatic nitrogens is 2. The normalized spacial score (nSPS) is 15.5. The van der Waals surface area contributed by atoms with Crippen molar-refractivity contribution in [2.45, 2.75) is 25.8 Å². The molecule has 0 spiro atoms. The van der Waals surface area contributed by atoms with Gasteiger partial charge in [0.1, 0.15) is 0 Å². The molecule has 9 heteroatoms. The first-order valence-electron chi connectivity index (χ1n) is 11.4. The van der Waals surface area contributed by atoms with Crippen LogP contribution in [0.4, 0.5) is 16.2 Å². The average molecular weight is 488 g/mol. The maximum atomic E-state index is 13.1. The molecular weight excluding hydrogens is 462 g/mol. The molecule has 1 saturated heterocycles. The summed E-state index contributed by atoms with van der Waals surface area (Å²) in [7, 11) is 0. The first-order valence-corrected chi connectivity index (χ1v) is 12.2. The maximum Gasteiger partial charge on any atom is 0.327 e. The van der Waals surface area contributed by atoms with Crippen LogP contribution in [0, 0.1) is 19.3 Å². The molecule has 8 nitrogen and oxygen atoms in total. The first-order chi connectivity index (χ1) is 17.0. The molecule has 5 rings (SSSR count). The molecule has 3 aromatic heterocycles. The van der Waals surface area contributed by atoms with Crippen molar-refractivity contribution in [1.82, 2.24) is 19.8 Å². The van der Waals surface area contributed by atoms with Gasteiger partial charge >= 0.3 is 6.03 Å². The molecule has 178 valence electrons. The van der Waals surface area contributed by atoms with Crippen LogP contribution in [-0.4, -0.2) is 57.2 Å². The van der Waals surface area contributed by atoms with Crippen molar-refractivity contribution in [3.8, 4) is 12.3 Å². The van der Waals surface area contributed by atoms with Crippen LogP contribution in [0.25, 0.3) is 21.1 Å². The largest absolute Gasteiger partial charge is 0.394 e. The molecule has 4 aromatic rings. The zero-order valence-electron chi connectivity index (χ0n) is 19.2. The lowest BCUT2D eigenvalue weighted by molar-refractivity contribution is 0.0682. The van der Waals surface area contributed by atoms with Crippen molar-refractivity contribution in [2.75, 3.05) is 25.0 Å². The minimum Gasteiger partial charge on any atom is -0.394 e. The third-order valence-corrected chi connectivity index (χ3v) is 7.43. The van der Waals surface area contributed by atoms with Crippen molar-refractivity contribution in [2.24, 2.45) is 0 Å². The number of hydrogen-bond acceptors (Lipinski definition) is 6. The number of aryl methyl sites for hydroxylation is 1. The van der Waals surface area contributed by atoms with Gasteiger partial charge in [-0.2, -0.15) is 0 Å². The Morgan fingerprint density at radius 2 is 2.14 bits per heavy atom. The van der Waals surface area contributed by atoms with Crippen LogP contribution < -0.4 is 10.6 Å². The number of nitrogens with one attached hydrogen (secondary N) is 2. The number of aliphatic hydroxyl groups is 1. The zero-order chi connectivity index (χ0) is 24.5. The summed E-state index contributed by atoms with van der Waals surface area (Å²) in [6.45, 7) is 2.69. The molecule has 3 N–H and O–H groups in total. The van der Waals surface area contributed by atoms with Crippen molar-refractivity contribution >= 4 is 55.8 Å². The second-order valence-electron chi connectivity index (χ2n) is 8.54. The zero-order valence-corrected chi connectivity index (χ0v) is 20.1. The van der Waals surface area contributed by atoms with E-state index in [1.165, 1.54) is 11.3 Å². The van der Waals surface area contributed by atoms with Gasteiger partial charge in [0.15, 0.2) is 0 Å². The smallest absolute Gasteiger partial charge is 0.327 e. The molecule has 0 unspecified atom stereocenters. The predicted molar refractivity (Wildman–Crippen MR) is 138 cm³/mol. The lowest BCUT2D eigenvalue weighted by Crippen LogP contribution is -2.37. The van der Waals surface area contributed by atoms with E-state index in [9.17, 15) is 14.7 Å². The Balaban J connectivity index is 1.43. The molecule has 1 aliphatic rings. The Morgan fingerprint density at radius 3 is 2.94 bits per heavy atom. The van der Waals surface area contributed by atoms with E-state index in [0.29, 0.717) is 11.4 Å². The number of benzene rings is 1. The number of amides is 2. The summed E-state index contributed by atoms with van der Waals surface area (Å²) in [5, 5.41) is 16.7. The van der Waals surface area contributed by atoms with Gasteiger partial charge in [-0.05, 0) is 56.2 Å². The Kier molecular flexibility index (Phi) is 6.16. The summed E-state index contributed by atoms with van der Waals surface area (Å²) in [4.78, 5) is 32.4. The first kappa shape index (κ1) is 22.9. The monoisotopic (exact) mass is 487 g/mol. The van der Waals surface area contributed by atoms with Gasteiger partial charge in [-0.25, -0.2) is 4.79 Å². The number of fused-ring (bicyclic) bond motifs is 2. The van der Waals surface area contributed by atoms with E-state index in [1.807, 2.05) is 43.3 Å². The molecule has 1 aromatic carbocycles. The minimum atomic E-state index is -0.260. The highest BCUT2D eigenvalue weighted by Gasteiger charge is 2.30. The molecular formula is C26H25N5O3S. The summed E-state index contributed by atoms with van der Waals surface area (Å²) in [5.41, 5.74) is 4.04. The number of likely N-dealkylation sites (tertiary alicyclic amines) is 1. The molecule has 0 bridgehead atoms. The fraction of sp³-hybridized carbons (Fsp3) is 0.269. The highest BCUT2D eigenvalue weighted by Crippen LogP contribution is 2.35. The molecule has 0 saturated carbocycles. The van der Waals surface area contributed by atoms with E-state index < -0.39 is 0 Å². The molecule has 0 aliphatic carbocycles. The Hall–Kier alpha value is -3.87. The van der Waals surface area contributed by atoms with Crippen molar-refractivity contribution in [3.63, 3.8) is 0 Å². The van der Waals surface area contributed by atoms with Gasteiger partial charge in [0.25, 0.3) is 5.91 Å². The average Bonchev–Trinajstić information content (AvgIpc) is 3.58. The number of terminal acetylenes is 1. The van der Waals surface area contributed by atoms with Crippen LogP contribution >= 0.6 is 11.3 Å². The van der Waals surface area contributed by atoms with Crippen molar-refractivity contribution < 1.29 is 14.7 Å². The van der Waals surface area contributed by atoms with Crippen molar-refractivity contribution in [1.29, 1.82) is 0 Å². The molecule has 0 radical (unpaired) electrons. The molecule has 1 atom stereocenters. The van der Waals surface area contributed by atoms with Crippen LogP contribution in [0.2, 0.25) is 0 Å². The summed E-state index contributed by atoms with van der Waals surface area (Å²) in [6.07, 6.45) is 8.71. The Morgan fingerprint density at radius 1 is 1.29 bits per heavy atom. The lowest BCUT2D eigenvalue weighted by atomic mass is 10.2. The van der Waals surface area contributed by atoms with Gasteiger partial charge in [-0.1, -0.05) is 5.92 Å². The Bertz CT molecular complexity index is 1480. The van der Waals surface area contributed by atoms with E-state index in [4.69, 9.17) is 6.42 Å². The number of carbonyl (C=O) groups is 2. The van der Waals surface area contributed by atoms with Crippen LogP contribution in [0.1, 0.15) is 28.2 Å². The molecule has 1 fully saturated rings. The van der Waals surface area contributed by atoms with Gasteiger partial charge < -0.3 is 20.6 Å². The number of thiophene rings is 1. The number of hydrogen-bond donors (Lipinski definition) is 3. The topological polar surface area (TPSA) is 99.5 Å². The van der Waals surface area contributed by atoms with Crippen LogP contribution in [-0.2, 0) is 0 Å².